The molecule has 0 radical (unpaired) electrons. The van der Waals surface area contributed by atoms with Crippen LogP contribution in [0.15, 0.2) is 0 Å². The Morgan fingerprint density at radius 2 is 1.50 bits per heavy atom. The van der Waals surface area contributed by atoms with E-state index < -0.39 is 43.5 Å². The lowest BCUT2D eigenvalue weighted by Crippen LogP contribution is -2.50. The van der Waals surface area contributed by atoms with Crippen molar-refractivity contribution in [1.82, 2.24) is 0 Å². The zero-order valence-corrected chi connectivity index (χ0v) is 8.04. The van der Waals surface area contributed by atoms with Crippen LogP contribution in [0.5, 0.6) is 0 Å². The van der Waals surface area contributed by atoms with Gasteiger partial charge in [-0.3, -0.25) is 0 Å². The van der Waals surface area contributed by atoms with Crippen LogP contribution < -0.4 is 0 Å². The van der Waals surface area contributed by atoms with E-state index in [-0.39, 0.29) is 0 Å². The zero-order valence-electron chi connectivity index (χ0n) is 8.04. The van der Waals surface area contributed by atoms with Gasteiger partial charge < -0.3 is 40.5 Å². The Bertz CT molecular complexity index is 220. The maximum absolute atomic E-state index is 9.97. The Morgan fingerprint density at radius 3 is 1.88 bits per heavy atom. The normalized spacial score (nSPS) is 20.6. The number of rotatable bonds is 6. The van der Waals surface area contributed by atoms with Crippen molar-refractivity contribution in [3.05, 3.63) is 0 Å². The van der Waals surface area contributed by atoms with Gasteiger partial charge in [-0.1, -0.05) is 0 Å². The summed E-state index contributed by atoms with van der Waals surface area (Å²) in [5.74, 6) is 0. The number of carbonyl (C=O) groups is 1. The van der Waals surface area contributed by atoms with E-state index in [4.69, 9.17) is 35.7 Å². The van der Waals surface area contributed by atoms with Gasteiger partial charge in [-0.25, -0.2) is 4.79 Å². The van der Waals surface area contributed by atoms with Crippen molar-refractivity contribution in [2.75, 3.05) is 6.61 Å². The van der Waals surface area contributed by atoms with Crippen LogP contribution in [0, 0.1) is 0 Å². The predicted molar refractivity (Wildman–Crippen MR) is 46.2 cm³/mol. The Balaban J connectivity index is 4.35. The first-order chi connectivity index (χ1) is 7.31. The smallest absolute Gasteiger partial charge is 0.450 e. The Hall–Kier alpha value is -0.970. The Labute approximate surface area is 89.8 Å². The third kappa shape index (κ3) is 4.26. The second-order valence-corrected chi connectivity index (χ2v) is 3.00. The van der Waals surface area contributed by atoms with Gasteiger partial charge in [0.2, 0.25) is 6.29 Å². The average Bonchev–Trinajstić information content (AvgIpc) is 2.23. The monoisotopic (exact) mass is 242 g/mol. The SMILES string of the molecule is O=C(O)OC(O)[C@H](O)[C@@H](O)[C@H](O)[C@H](O)CO. The molecule has 0 aromatic carbocycles. The van der Waals surface area contributed by atoms with Gasteiger partial charge in [0.15, 0.2) is 0 Å². The van der Waals surface area contributed by atoms with Crippen molar-refractivity contribution in [1.29, 1.82) is 0 Å². The summed E-state index contributed by atoms with van der Waals surface area (Å²) in [5.41, 5.74) is 0. The van der Waals surface area contributed by atoms with Crippen LogP contribution in [0.2, 0.25) is 0 Å². The molecule has 0 heterocycles. The number of aliphatic hydroxyl groups is 6. The van der Waals surface area contributed by atoms with E-state index in [2.05, 4.69) is 4.74 Å². The first kappa shape index (κ1) is 15.0. The minimum atomic E-state index is -2.28. The molecule has 0 aromatic heterocycles. The molecule has 1 unspecified atom stereocenters. The summed E-state index contributed by atoms with van der Waals surface area (Å²) in [6.07, 6.45) is -12.1. The third-order valence-corrected chi connectivity index (χ3v) is 1.79. The highest BCUT2D eigenvalue weighted by Gasteiger charge is 2.35. The molecule has 0 aliphatic rings. The van der Waals surface area contributed by atoms with E-state index in [0.29, 0.717) is 0 Å². The zero-order chi connectivity index (χ0) is 12.9. The molecule has 0 rings (SSSR count). The lowest BCUT2D eigenvalue weighted by molar-refractivity contribution is -0.195. The van der Waals surface area contributed by atoms with Crippen LogP contribution in [-0.4, -0.2) is 79.2 Å². The number of hydrogen-bond donors (Lipinski definition) is 7. The van der Waals surface area contributed by atoms with E-state index in [9.17, 15) is 4.79 Å². The predicted octanol–water partition coefficient (Wildman–Crippen LogP) is -3.56. The van der Waals surface area contributed by atoms with Crippen molar-refractivity contribution in [3.8, 4) is 0 Å². The fourth-order valence-electron chi connectivity index (χ4n) is 0.879. The topological polar surface area (TPSA) is 168 Å². The van der Waals surface area contributed by atoms with Crippen molar-refractivity contribution < 1.29 is 45.3 Å². The highest BCUT2D eigenvalue weighted by molar-refractivity contribution is 5.56. The van der Waals surface area contributed by atoms with E-state index in [1.165, 1.54) is 0 Å². The summed E-state index contributed by atoms with van der Waals surface area (Å²) < 4.78 is 3.70. The molecule has 5 atom stereocenters. The van der Waals surface area contributed by atoms with Gasteiger partial charge in [-0.2, -0.15) is 0 Å². The molecule has 0 aliphatic carbocycles. The molecule has 0 saturated carbocycles. The molecule has 0 bridgehead atoms. The van der Waals surface area contributed by atoms with Gasteiger partial charge in [0.05, 0.1) is 6.61 Å². The van der Waals surface area contributed by atoms with Gasteiger partial charge in [0.25, 0.3) is 0 Å². The first-order valence-electron chi connectivity index (χ1n) is 4.22. The lowest BCUT2D eigenvalue weighted by atomic mass is 10.0. The van der Waals surface area contributed by atoms with Gasteiger partial charge >= 0.3 is 6.16 Å². The van der Waals surface area contributed by atoms with Crippen LogP contribution in [0.1, 0.15) is 0 Å². The molecule has 0 spiro atoms. The molecule has 7 N–H and O–H groups in total. The van der Waals surface area contributed by atoms with Crippen molar-refractivity contribution >= 4 is 6.16 Å². The van der Waals surface area contributed by atoms with Crippen molar-refractivity contribution in [2.45, 2.75) is 30.7 Å². The fourth-order valence-corrected chi connectivity index (χ4v) is 0.879. The van der Waals surface area contributed by atoms with E-state index >= 15 is 0 Å². The molecule has 9 nitrogen and oxygen atoms in total. The lowest BCUT2D eigenvalue weighted by Gasteiger charge is -2.27. The molecule has 96 valence electrons. The maximum Gasteiger partial charge on any atom is 0.508 e. The van der Waals surface area contributed by atoms with E-state index in [1.807, 2.05) is 0 Å². The average molecular weight is 242 g/mol. The fraction of sp³-hybridized carbons (Fsp3) is 0.857. The van der Waals surface area contributed by atoms with Crippen LogP contribution in [0.3, 0.4) is 0 Å². The first-order valence-corrected chi connectivity index (χ1v) is 4.22. The minimum absolute atomic E-state index is 0.888. The maximum atomic E-state index is 9.97. The molecule has 0 fully saturated rings. The minimum Gasteiger partial charge on any atom is -0.450 e. The summed E-state index contributed by atoms with van der Waals surface area (Å²) in [4.78, 5) is 9.97. The second-order valence-electron chi connectivity index (χ2n) is 3.00. The van der Waals surface area contributed by atoms with Gasteiger partial charge in [0.1, 0.15) is 24.4 Å². The van der Waals surface area contributed by atoms with Crippen LogP contribution in [0.25, 0.3) is 0 Å². The third-order valence-electron chi connectivity index (χ3n) is 1.79. The van der Waals surface area contributed by atoms with E-state index in [0.717, 1.165) is 0 Å². The largest absolute Gasteiger partial charge is 0.508 e. The summed E-state index contributed by atoms with van der Waals surface area (Å²) in [6.45, 7) is -0.888. The van der Waals surface area contributed by atoms with Crippen LogP contribution in [-0.2, 0) is 4.74 Å². The van der Waals surface area contributed by atoms with Gasteiger partial charge in [0, 0.05) is 0 Å². The second kappa shape index (κ2) is 6.58. The van der Waals surface area contributed by atoms with Gasteiger partial charge in [-0.05, 0) is 0 Å². The Kier molecular flexibility index (Phi) is 6.18. The number of ether oxygens (including phenoxy) is 1. The Morgan fingerprint density at radius 1 is 1.00 bits per heavy atom. The molecular weight excluding hydrogens is 228 g/mol. The van der Waals surface area contributed by atoms with Crippen LogP contribution >= 0.6 is 0 Å². The van der Waals surface area contributed by atoms with E-state index in [1.54, 1.807) is 0 Å². The van der Waals surface area contributed by atoms with Gasteiger partial charge in [-0.15, -0.1) is 0 Å². The number of hydrogen-bond acceptors (Lipinski definition) is 8. The molecule has 9 heteroatoms. The van der Waals surface area contributed by atoms with Crippen molar-refractivity contribution in [3.63, 3.8) is 0 Å². The highest BCUT2D eigenvalue weighted by Crippen LogP contribution is 2.09. The molecular formula is C7H14O9. The molecule has 0 aliphatic heterocycles. The molecule has 0 aromatic rings. The summed E-state index contributed by atoms with van der Waals surface area (Å²) >= 11 is 0. The molecule has 16 heavy (non-hydrogen) atoms. The molecule has 0 saturated heterocycles. The quantitative estimate of drug-likeness (QED) is 0.184. The summed E-state index contributed by atoms with van der Waals surface area (Å²) in [5, 5.41) is 61.7. The standard InChI is InChI=1S/C7H14O9/c8-1-2(9)3(10)4(11)5(12)6(13)16-7(14)15/h2-6,8-13H,1H2,(H,14,15)/t2-,3-,4+,5-,6?/m1/s1. The number of aliphatic hydroxyl groups excluding tert-OH is 6. The molecule has 0 amide bonds. The van der Waals surface area contributed by atoms with Crippen LogP contribution in [0.4, 0.5) is 4.79 Å². The summed E-state index contributed by atoms with van der Waals surface area (Å²) in [7, 11) is 0. The summed E-state index contributed by atoms with van der Waals surface area (Å²) in [6, 6.07) is 0. The highest BCUT2D eigenvalue weighted by atomic mass is 16.7. The number of carboxylic acid groups (broad SMARTS) is 1. The van der Waals surface area contributed by atoms with Crippen molar-refractivity contribution in [2.24, 2.45) is 0 Å².